The Labute approximate surface area is 89.9 Å². The topological polar surface area (TPSA) is 55.3 Å². The first-order valence-electron chi connectivity index (χ1n) is 4.85. The molecule has 1 aromatic rings. The maximum absolute atomic E-state index is 5.24. The van der Waals surface area contributed by atoms with Crippen LogP contribution in [0.25, 0.3) is 0 Å². The van der Waals surface area contributed by atoms with Gasteiger partial charge in [-0.2, -0.15) is 0 Å². The number of hydrogen-bond acceptors (Lipinski definition) is 3. The normalized spacial score (nSPS) is 9.87. The van der Waals surface area contributed by atoms with Crippen LogP contribution in [0.3, 0.4) is 0 Å². The summed E-state index contributed by atoms with van der Waals surface area (Å²) in [5.41, 5.74) is 4.96. The molecule has 0 saturated carbocycles. The van der Waals surface area contributed by atoms with Crippen molar-refractivity contribution < 1.29 is 19.9 Å². The molecule has 0 unspecified atom stereocenters. The second kappa shape index (κ2) is 5.46. The highest BCUT2D eigenvalue weighted by Gasteiger charge is 2.12. The maximum Gasteiger partial charge on any atom is 0.203 e. The van der Waals surface area contributed by atoms with E-state index in [-0.39, 0.29) is 0 Å². The summed E-state index contributed by atoms with van der Waals surface area (Å²) in [5, 5.41) is 0. The third-order valence-corrected chi connectivity index (χ3v) is 2.19. The fourth-order valence-corrected chi connectivity index (χ4v) is 1.48. The largest absolute Gasteiger partial charge is 0.493 e. The number of ether oxygens (including phenoxy) is 3. The predicted molar refractivity (Wildman–Crippen MR) is 57.6 cm³/mol. The molecular weight excluding hydrogens is 194 g/mol. The lowest BCUT2D eigenvalue weighted by atomic mass is 10.1. The lowest BCUT2D eigenvalue weighted by molar-refractivity contribution is -0.366. The van der Waals surface area contributed by atoms with Gasteiger partial charge in [0.25, 0.3) is 0 Å². The number of quaternary nitrogens is 1. The molecule has 4 nitrogen and oxygen atoms in total. The first-order valence-corrected chi connectivity index (χ1v) is 4.85. The Morgan fingerprint density at radius 1 is 1.00 bits per heavy atom. The van der Waals surface area contributed by atoms with Gasteiger partial charge in [-0.25, -0.2) is 0 Å². The van der Waals surface area contributed by atoms with Gasteiger partial charge in [0.1, 0.15) is 0 Å². The quantitative estimate of drug-likeness (QED) is 0.773. The van der Waals surface area contributed by atoms with E-state index in [1.54, 1.807) is 21.3 Å². The van der Waals surface area contributed by atoms with Gasteiger partial charge in [-0.1, -0.05) is 0 Å². The molecule has 0 spiro atoms. The molecular formula is C11H18NO3+. The van der Waals surface area contributed by atoms with Crippen molar-refractivity contribution in [1.29, 1.82) is 0 Å². The van der Waals surface area contributed by atoms with Crippen LogP contribution in [0, 0.1) is 0 Å². The van der Waals surface area contributed by atoms with Gasteiger partial charge in [0.15, 0.2) is 11.5 Å². The van der Waals surface area contributed by atoms with Gasteiger partial charge in [0.2, 0.25) is 5.75 Å². The Kier molecular flexibility index (Phi) is 4.24. The fourth-order valence-electron chi connectivity index (χ4n) is 1.48. The summed E-state index contributed by atoms with van der Waals surface area (Å²) in [6, 6.07) is 3.90. The molecule has 0 aliphatic heterocycles. The van der Waals surface area contributed by atoms with E-state index in [1.807, 2.05) is 12.1 Å². The standard InChI is InChI=1S/C11H17NO3/c1-13-9-6-8(4-5-12)7-10(14-2)11(9)15-3/h6-7H,4-5,12H2,1-3H3/p+1. The molecule has 0 fully saturated rings. The number of hydrogen-bond donors (Lipinski definition) is 1. The average molecular weight is 212 g/mol. The van der Waals surface area contributed by atoms with Crippen molar-refractivity contribution in [2.24, 2.45) is 0 Å². The summed E-state index contributed by atoms with van der Waals surface area (Å²) >= 11 is 0. The van der Waals surface area contributed by atoms with E-state index in [0.29, 0.717) is 17.2 Å². The van der Waals surface area contributed by atoms with Crippen molar-refractivity contribution in [1.82, 2.24) is 0 Å². The highest BCUT2D eigenvalue weighted by Crippen LogP contribution is 2.38. The third kappa shape index (κ3) is 2.53. The summed E-state index contributed by atoms with van der Waals surface area (Å²) in [7, 11) is 4.83. The fraction of sp³-hybridized carbons (Fsp3) is 0.455. The van der Waals surface area contributed by atoms with E-state index < -0.39 is 0 Å². The number of rotatable bonds is 5. The molecule has 1 rings (SSSR count). The molecule has 0 heterocycles. The Bertz CT molecular complexity index is 301. The predicted octanol–water partition coefficient (Wildman–Crippen LogP) is 0.497. The van der Waals surface area contributed by atoms with Crippen LogP contribution in [0.5, 0.6) is 17.2 Å². The summed E-state index contributed by atoms with van der Waals surface area (Å²) in [5.74, 6) is 2.02. The minimum Gasteiger partial charge on any atom is -0.493 e. The Hall–Kier alpha value is -1.42. The highest BCUT2D eigenvalue weighted by atomic mass is 16.5. The van der Waals surface area contributed by atoms with Crippen molar-refractivity contribution in [3.63, 3.8) is 0 Å². The second-order valence-electron chi connectivity index (χ2n) is 3.14. The molecule has 3 N–H and O–H groups in total. The van der Waals surface area contributed by atoms with Crippen LogP contribution in [0.1, 0.15) is 5.56 Å². The second-order valence-corrected chi connectivity index (χ2v) is 3.14. The molecule has 0 aromatic heterocycles. The zero-order chi connectivity index (χ0) is 11.3. The summed E-state index contributed by atoms with van der Waals surface area (Å²) in [6.07, 6.45) is 0.900. The molecule has 84 valence electrons. The minimum absolute atomic E-state index is 0.632. The first kappa shape index (κ1) is 11.7. The van der Waals surface area contributed by atoms with E-state index in [2.05, 4.69) is 5.73 Å². The van der Waals surface area contributed by atoms with Gasteiger partial charge < -0.3 is 19.9 Å². The van der Waals surface area contributed by atoms with E-state index in [1.165, 1.54) is 0 Å². The van der Waals surface area contributed by atoms with E-state index in [4.69, 9.17) is 14.2 Å². The molecule has 0 saturated heterocycles. The Balaban J connectivity index is 3.16. The smallest absolute Gasteiger partial charge is 0.203 e. The van der Waals surface area contributed by atoms with Crippen LogP contribution in [0.4, 0.5) is 0 Å². The molecule has 0 aliphatic rings. The number of benzene rings is 1. The van der Waals surface area contributed by atoms with Gasteiger partial charge in [-0.3, -0.25) is 0 Å². The van der Waals surface area contributed by atoms with Crippen LogP contribution < -0.4 is 19.9 Å². The molecule has 0 atom stereocenters. The SMILES string of the molecule is COc1cc(CC[NH3+])cc(OC)c1OC. The molecule has 0 bridgehead atoms. The lowest BCUT2D eigenvalue weighted by Gasteiger charge is -2.13. The molecule has 4 heteroatoms. The lowest BCUT2D eigenvalue weighted by Crippen LogP contribution is -2.51. The van der Waals surface area contributed by atoms with Crippen LogP contribution in [0.15, 0.2) is 12.1 Å². The van der Waals surface area contributed by atoms with Gasteiger partial charge in [-0.15, -0.1) is 0 Å². The minimum atomic E-state index is 0.632. The van der Waals surface area contributed by atoms with Crippen LogP contribution >= 0.6 is 0 Å². The molecule has 0 amide bonds. The van der Waals surface area contributed by atoms with Crippen LogP contribution in [0.2, 0.25) is 0 Å². The van der Waals surface area contributed by atoms with Crippen molar-refractivity contribution in [2.75, 3.05) is 27.9 Å². The van der Waals surface area contributed by atoms with E-state index >= 15 is 0 Å². The van der Waals surface area contributed by atoms with Crippen molar-refractivity contribution in [3.8, 4) is 17.2 Å². The molecule has 0 aliphatic carbocycles. The first-order chi connectivity index (χ1) is 7.26. The van der Waals surface area contributed by atoms with Crippen LogP contribution in [-0.2, 0) is 6.42 Å². The zero-order valence-corrected chi connectivity index (χ0v) is 9.50. The molecule has 0 radical (unpaired) electrons. The van der Waals surface area contributed by atoms with Crippen LogP contribution in [-0.4, -0.2) is 27.9 Å². The monoisotopic (exact) mass is 212 g/mol. The average Bonchev–Trinajstić information content (AvgIpc) is 2.28. The highest BCUT2D eigenvalue weighted by molar-refractivity contribution is 5.53. The van der Waals surface area contributed by atoms with E-state index in [9.17, 15) is 0 Å². The van der Waals surface area contributed by atoms with E-state index in [0.717, 1.165) is 18.5 Å². The van der Waals surface area contributed by atoms with Crippen molar-refractivity contribution >= 4 is 0 Å². The third-order valence-electron chi connectivity index (χ3n) is 2.19. The summed E-state index contributed by atoms with van der Waals surface area (Å²) in [4.78, 5) is 0. The molecule has 1 aromatic carbocycles. The molecule has 15 heavy (non-hydrogen) atoms. The van der Waals surface area contributed by atoms with Gasteiger partial charge >= 0.3 is 0 Å². The van der Waals surface area contributed by atoms with Crippen molar-refractivity contribution in [3.05, 3.63) is 17.7 Å². The van der Waals surface area contributed by atoms with Gasteiger partial charge in [0.05, 0.1) is 27.9 Å². The maximum atomic E-state index is 5.24. The summed E-state index contributed by atoms with van der Waals surface area (Å²) < 4.78 is 15.7. The summed E-state index contributed by atoms with van der Waals surface area (Å²) in [6.45, 7) is 0.846. The zero-order valence-electron chi connectivity index (χ0n) is 9.50. The van der Waals surface area contributed by atoms with Gasteiger partial charge in [0, 0.05) is 6.42 Å². The Morgan fingerprint density at radius 3 is 1.87 bits per heavy atom. The number of methoxy groups -OCH3 is 3. The Morgan fingerprint density at radius 2 is 1.53 bits per heavy atom. The van der Waals surface area contributed by atoms with Gasteiger partial charge in [-0.05, 0) is 17.7 Å². The van der Waals surface area contributed by atoms with Crippen molar-refractivity contribution in [2.45, 2.75) is 6.42 Å².